The third-order valence-electron chi connectivity index (χ3n) is 4.95. The van der Waals surface area contributed by atoms with Crippen LogP contribution in [0.4, 0.5) is 0 Å². The maximum atomic E-state index is 12.9. The van der Waals surface area contributed by atoms with E-state index >= 15 is 0 Å². The smallest absolute Gasteiger partial charge is 0.232 e. The number of carbonyl (C=O) groups excluding carboxylic acids is 1. The minimum absolute atomic E-state index is 0.144. The molecule has 0 amide bonds. The number of Topliss-reactive ketones (excluding diaryl/α,β-unsaturated/α-hetero) is 1. The second kappa shape index (κ2) is 8.36. The standard InChI is InChI=1S/C25H21BrO4/c1-15-4-6-17(7-5-15)14-29-20-10-16(2)24-22(13-20)30-23(25(24)27)12-18-11-19(26)8-9-21(18)28-3/h4-13H,14H2,1-3H3/b23-12-. The van der Waals surface area contributed by atoms with Gasteiger partial charge in [-0.05, 0) is 55.3 Å². The van der Waals surface area contributed by atoms with E-state index in [1.165, 1.54) is 5.56 Å². The van der Waals surface area contributed by atoms with E-state index in [9.17, 15) is 4.79 Å². The molecule has 0 saturated heterocycles. The molecule has 1 heterocycles. The number of hydrogen-bond donors (Lipinski definition) is 0. The minimum Gasteiger partial charge on any atom is -0.496 e. The number of hydrogen-bond acceptors (Lipinski definition) is 4. The van der Waals surface area contributed by atoms with Crippen molar-refractivity contribution >= 4 is 27.8 Å². The number of allylic oxidation sites excluding steroid dienone is 1. The van der Waals surface area contributed by atoms with Gasteiger partial charge in [-0.25, -0.2) is 0 Å². The minimum atomic E-state index is -0.144. The van der Waals surface area contributed by atoms with Gasteiger partial charge in [0.2, 0.25) is 5.78 Å². The maximum Gasteiger partial charge on any atom is 0.232 e. The number of methoxy groups -OCH3 is 1. The summed E-state index contributed by atoms with van der Waals surface area (Å²) in [7, 11) is 1.60. The second-order valence-electron chi connectivity index (χ2n) is 7.21. The van der Waals surface area contributed by atoms with Crippen LogP contribution in [0.3, 0.4) is 0 Å². The molecule has 0 radical (unpaired) electrons. The van der Waals surface area contributed by atoms with Crippen LogP contribution in [0.15, 0.2) is 64.8 Å². The first kappa shape index (κ1) is 20.2. The third-order valence-corrected chi connectivity index (χ3v) is 5.44. The Morgan fingerprint density at radius 2 is 1.80 bits per heavy atom. The molecule has 0 aromatic heterocycles. The van der Waals surface area contributed by atoms with E-state index in [0.29, 0.717) is 29.4 Å². The first-order chi connectivity index (χ1) is 14.4. The highest BCUT2D eigenvalue weighted by atomic mass is 79.9. The SMILES string of the molecule is COc1ccc(Br)cc1/C=C1\Oc2cc(OCc3ccc(C)cc3)cc(C)c2C1=O. The molecule has 3 aromatic carbocycles. The Bertz CT molecular complexity index is 1150. The Morgan fingerprint density at radius 3 is 2.53 bits per heavy atom. The van der Waals surface area contributed by atoms with Gasteiger partial charge in [-0.3, -0.25) is 4.79 Å². The Balaban J connectivity index is 1.59. The van der Waals surface area contributed by atoms with Crippen LogP contribution in [0.5, 0.6) is 17.2 Å². The number of ether oxygens (including phenoxy) is 3. The fourth-order valence-corrected chi connectivity index (χ4v) is 3.75. The van der Waals surface area contributed by atoms with Crippen LogP contribution in [-0.2, 0) is 6.61 Å². The molecule has 152 valence electrons. The lowest BCUT2D eigenvalue weighted by Gasteiger charge is -2.09. The predicted octanol–water partition coefficient (Wildman–Crippen LogP) is 6.27. The monoisotopic (exact) mass is 464 g/mol. The van der Waals surface area contributed by atoms with Crippen molar-refractivity contribution in [2.24, 2.45) is 0 Å². The summed E-state index contributed by atoms with van der Waals surface area (Å²) in [6.45, 7) is 4.39. The molecule has 0 spiro atoms. The van der Waals surface area contributed by atoms with Crippen molar-refractivity contribution in [2.75, 3.05) is 7.11 Å². The van der Waals surface area contributed by atoms with Gasteiger partial charge < -0.3 is 14.2 Å². The molecule has 1 aliphatic heterocycles. The van der Waals surface area contributed by atoms with E-state index in [1.807, 2.05) is 43.3 Å². The number of fused-ring (bicyclic) bond motifs is 1. The van der Waals surface area contributed by atoms with Gasteiger partial charge in [-0.2, -0.15) is 0 Å². The average Bonchev–Trinajstić information content (AvgIpc) is 3.03. The van der Waals surface area contributed by atoms with Crippen LogP contribution in [0.1, 0.15) is 32.6 Å². The van der Waals surface area contributed by atoms with Crippen molar-refractivity contribution < 1.29 is 19.0 Å². The number of ketones is 1. The molecule has 5 heteroatoms. The van der Waals surface area contributed by atoms with Crippen molar-refractivity contribution in [2.45, 2.75) is 20.5 Å². The number of carbonyl (C=O) groups is 1. The van der Waals surface area contributed by atoms with Gasteiger partial charge in [0.25, 0.3) is 0 Å². The van der Waals surface area contributed by atoms with Crippen molar-refractivity contribution in [3.8, 4) is 17.2 Å². The summed E-state index contributed by atoms with van der Waals surface area (Å²) in [5.74, 6) is 1.96. The highest BCUT2D eigenvalue weighted by molar-refractivity contribution is 9.10. The number of rotatable bonds is 5. The van der Waals surface area contributed by atoms with Gasteiger partial charge in [0.05, 0.1) is 12.7 Å². The van der Waals surface area contributed by atoms with Crippen molar-refractivity contribution in [1.29, 1.82) is 0 Å². The molecule has 30 heavy (non-hydrogen) atoms. The summed E-state index contributed by atoms with van der Waals surface area (Å²) in [5.41, 5.74) is 4.44. The van der Waals surface area contributed by atoms with Gasteiger partial charge in [0, 0.05) is 16.1 Å². The summed E-state index contributed by atoms with van der Waals surface area (Å²) >= 11 is 3.45. The van der Waals surface area contributed by atoms with Gasteiger partial charge in [-0.1, -0.05) is 45.8 Å². The van der Waals surface area contributed by atoms with Crippen LogP contribution in [0.25, 0.3) is 6.08 Å². The van der Waals surface area contributed by atoms with Crippen LogP contribution in [0.2, 0.25) is 0 Å². The molecule has 0 atom stereocenters. The van der Waals surface area contributed by atoms with E-state index < -0.39 is 0 Å². The van der Waals surface area contributed by atoms with E-state index in [4.69, 9.17) is 14.2 Å². The molecule has 0 saturated carbocycles. The quantitative estimate of drug-likeness (QED) is 0.417. The molecule has 0 unspecified atom stereocenters. The maximum absolute atomic E-state index is 12.9. The Morgan fingerprint density at radius 1 is 1.03 bits per heavy atom. The van der Waals surface area contributed by atoms with Gasteiger partial charge >= 0.3 is 0 Å². The van der Waals surface area contributed by atoms with Gasteiger partial charge in [0.1, 0.15) is 23.9 Å². The molecule has 3 aromatic rings. The summed E-state index contributed by atoms with van der Waals surface area (Å²) in [4.78, 5) is 12.9. The zero-order chi connectivity index (χ0) is 21.3. The topological polar surface area (TPSA) is 44.8 Å². The zero-order valence-electron chi connectivity index (χ0n) is 17.0. The Kier molecular flexibility index (Phi) is 5.64. The van der Waals surface area contributed by atoms with Crippen LogP contribution < -0.4 is 14.2 Å². The molecule has 4 nitrogen and oxygen atoms in total. The lowest BCUT2D eigenvalue weighted by Crippen LogP contribution is -2.00. The number of aryl methyl sites for hydroxylation is 2. The molecule has 1 aliphatic rings. The van der Waals surface area contributed by atoms with Crippen LogP contribution in [0, 0.1) is 13.8 Å². The highest BCUT2D eigenvalue weighted by Crippen LogP contribution is 2.38. The Hall–Kier alpha value is -3.05. The van der Waals surface area contributed by atoms with Crippen molar-refractivity contribution in [3.63, 3.8) is 0 Å². The predicted molar refractivity (Wildman–Crippen MR) is 120 cm³/mol. The summed E-state index contributed by atoms with van der Waals surface area (Å²) in [6, 6.07) is 17.5. The van der Waals surface area contributed by atoms with Gasteiger partial charge in [-0.15, -0.1) is 0 Å². The number of halogens is 1. The van der Waals surface area contributed by atoms with Crippen LogP contribution >= 0.6 is 15.9 Å². The largest absolute Gasteiger partial charge is 0.496 e. The lowest BCUT2D eigenvalue weighted by atomic mass is 10.0. The van der Waals surface area contributed by atoms with Crippen LogP contribution in [-0.4, -0.2) is 12.9 Å². The molecular formula is C25H21BrO4. The van der Waals surface area contributed by atoms with E-state index in [2.05, 4.69) is 35.0 Å². The third kappa shape index (κ3) is 4.12. The Labute approximate surface area is 184 Å². The molecule has 0 N–H and O–H groups in total. The first-order valence-electron chi connectivity index (χ1n) is 9.55. The summed E-state index contributed by atoms with van der Waals surface area (Å²) in [5, 5.41) is 0. The van der Waals surface area contributed by atoms with E-state index in [0.717, 1.165) is 21.2 Å². The normalized spacial score (nSPS) is 13.9. The highest BCUT2D eigenvalue weighted by Gasteiger charge is 2.30. The number of benzene rings is 3. The average molecular weight is 465 g/mol. The van der Waals surface area contributed by atoms with Crippen molar-refractivity contribution in [3.05, 3.63) is 92.6 Å². The molecule has 0 aliphatic carbocycles. The molecular weight excluding hydrogens is 444 g/mol. The van der Waals surface area contributed by atoms with E-state index in [-0.39, 0.29) is 11.5 Å². The molecule has 0 fully saturated rings. The molecule has 4 rings (SSSR count). The first-order valence-corrected chi connectivity index (χ1v) is 10.3. The second-order valence-corrected chi connectivity index (χ2v) is 8.13. The lowest BCUT2D eigenvalue weighted by molar-refractivity contribution is 0.101. The van der Waals surface area contributed by atoms with E-state index in [1.54, 1.807) is 19.3 Å². The van der Waals surface area contributed by atoms with Gasteiger partial charge in [0.15, 0.2) is 5.76 Å². The zero-order valence-corrected chi connectivity index (χ0v) is 18.6. The fraction of sp³-hybridized carbons (Fsp3) is 0.160. The van der Waals surface area contributed by atoms with Crippen molar-refractivity contribution in [1.82, 2.24) is 0 Å². The fourth-order valence-electron chi connectivity index (χ4n) is 3.37. The summed E-state index contributed by atoms with van der Waals surface area (Å²) in [6.07, 6.45) is 1.71. The summed E-state index contributed by atoms with van der Waals surface area (Å²) < 4.78 is 18.1. The molecule has 0 bridgehead atoms.